The summed E-state index contributed by atoms with van der Waals surface area (Å²) in [5, 5.41) is 3.45. The molecule has 2 heteroatoms. The van der Waals surface area contributed by atoms with Gasteiger partial charge in [-0.25, -0.2) is 0 Å². The quantitative estimate of drug-likeness (QED) is 0.752. The molecule has 0 bridgehead atoms. The Bertz CT molecular complexity index is 362. The minimum atomic E-state index is 0.243. The second-order valence-corrected chi connectivity index (χ2v) is 5.56. The van der Waals surface area contributed by atoms with Crippen molar-refractivity contribution in [3.63, 3.8) is 0 Å². The summed E-state index contributed by atoms with van der Waals surface area (Å²) in [6.07, 6.45) is 2.41. The van der Waals surface area contributed by atoms with E-state index in [1.807, 2.05) is 0 Å². The minimum absolute atomic E-state index is 0.243. The van der Waals surface area contributed by atoms with Crippen LogP contribution in [0.4, 0.5) is 0 Å². The molecule has 1 N–H and O–H groups in total. The summed E-state index contributed by atoms with van der Waals surface area (Å²) >= 11 is 0. The van der Waals surface area contributed by atoms with E-state index in [0.29, 0.717) is 12.0 Å². The molecule has 2 unspecified atom stereocenters. The third-order valence-corrected chi connectivity index (χ3v) is 3.57. The molecule has 1 rings (SSSR count). The number of rotatable bonds is 8. The molecule has 0 aliphatic carbocycles. The van der Waals surface area contributed by atoms with Gasteiger partial charge in [0.05, 0.1) is 0 Å². The van der Waals surface area contributed by atoms with Crippen molar-refractivity contribution in [3.05, 3.63) is 29.8 Å². The van der Waals surface area contributed by atoms with Gasteiger partial charge in [0, 0.05) is 12.6 Å². The number of hydrogen-bond donors (Lipinski definition) is 1. The largest absolute Gasteiger partial charge is 0.489 e. The van der Waals surface area contributed by atoms with Crippen molar-refractivity contribution in [3.8, 4) is 5.75 Å². The van der Waals surface area contributed by atoms with Gasteiger partial charge in [-0.15, -0.1) is 0 Å². The molecule has 0 aliphatic heterocycles. The summed E-state index contributed by atoms with van der Waals surface area (Å²) in [6, 6.07) is 8.94. The van der Waals surface area contributed by atoms with E-state index in [2.05, 4.69) is 64.2 Å². The van der Waals surface area contributed by atoms with E-state index in [9.17, 15) is 0 Å². The molecule has 0 amide bonds. The molecule has 0 spiro atoms. The summed E-state index contributed by atoms with van der Waals surface area (Å²) in [7, 11) is 0. The predicted molar refractivity (Wildman–Crippen MR) is 83.0 cm³/mol. The number of nitrogens with one attached hydrogen (secondary N) is 1. The van der Waals surface area contributed by atoms with Gasteiger partial charge in [-0.1, -0.05) is 52.8 Å². The summed E-state index contributed by atoms with van der Waals surface area (Å²) in [4.78, 5) is 0. The Balaban J connectivity index is 2.73. The number of hydrogen-bond acceptors (Lipinski definition) is 2. The Hall–Kier alpha value is -1.02. The standard InChI is InChI=1S/C17H29NO/c1-6-14(5)16-10-8-9-11-17(16)19-15(7-2)12-18-13(3)4/h8-11,13-15,18H,6-7,12H2,1-5H3. The summed E-state index contributed by atoms with van der Waals surface area (Å²) < 4.78 is 6.21. The molecule has 0 aromatic heterocycles. The summed E-state index contributed by atoms with van der Waals surface area (Å²) in [6.45, 7) is 11.9. The van der Waals surface area contributed by atoms with Crippen LogP contribution in [0.15, 0.2) is 24.3 Å². The molecule has 0 fully saturated rings. The number of para-hydroxylation sites is 1. The molecule has 108 valence electrons. The van der Waals surface area contributed by atoms with Crippen molar-refractivity contribution in [2.75, 3.05) is 6.54 Å². The van der Waals surface area contributed by atoms with E-state index in [1.165, 1.54) is 5.56 Å². The molecule has 2 atom stereocenters. The van der Waals surface area contributed by atoms with Crippen molar-refractivity contribution in [1.82, 2.24) is 5.32 Å². The van der Waals surface area contributed by atoms with Crippen LogP contribution in [0, 0.1) is 0 Å². The zero-order valence-corrected chi connectivity index (χ0v) is 13.1. The van der Waals surface area contributed by atoms with Gasteiger partial charge in [0.15, 0.2) is 0 Å². The summed E-state index contributed by atoms with van der Waals surface area (Å²) in [5.74, 6) is 1.60. The van der Waals surface area contributed by atoms with Crippen LogP contribution in [0.5, 0.6) is 5.75 Å². The molecule has 0 saturated carbocycles. The fourth-order valence-corrected chi connectivity index (χ4v) is 2.03. The Morgan fingerprint density at radius 3 is 2.32 bits per heavy atom. The number of benzene rings is 1. The first-order chi connectivity index (χ1) is 9.08. The van der Waals surface area contributed by atoms with Crippen molar-refractivity contribution in [1.29, 1.82) is 0 Å². The molecule has 19 heavy (non-hydrogen) atoms. The highest BCUT2D eigenvalue weighted by Gasteiger charge is 2.14. The topological polar surface area (TPSA) is 21.3 Å². The molecule has 1 aromatic carbocycles. The third kappa shape index (κ3) is 5.23. The van der Waals surface area contributed by atoms with Crippen LogP contribution in [-0.2, 0) is 0 Å². The second-order valence-electron chi connectivity index (χ2n) is 5.56. The van der Waals surface area contributed by atoms with Gasteiger partial charge in [0.1, 0.15) is 11.9 Å². The molecule has 0 aliphatic rings. The molecular formula is C17H29NO. The predicted octanol–water partition coefficient (Wildman–Crippen LogP) is 4.36. The lowest BCUT2D eigenvalue weighted by atomic mass is 9.98. The lowest BCUT2D eigenvalue weighted by molar-refractivity contribution is 0.187. The maximum atomic E-state index is 6.21. The second kappa shape index (κ2) is 8.21. The van der Waals surface area contributed by atoms with Crippen LogP contribution >= 0.6 is 0 Å². The molecule has 2 nitrogen and oxygen atoms in total. The van der Waals surface area contributed by atoms with Gasteiger partial charge in [-0.3, -0.25) is 0 Å². The minimum Gasteiger partial charge on any atom is -0.489 e. The third-order valence-electron chi connectivity index (χ3n) is 3.57. The van der Waals surface area contributed by atoms with Crippen LogP contribution in [0.25, 0.3) is 0 Å². The average molecular weight is 263 g/mol. The maximum Gasteiger partial charge on any atom is 0.123 e. The van der Waals surface area contributed by atoms with Crippen molar-refractivity contribution < 1.29 is 4.74 Å². The molecular weight excluding hydrogens is 234 g/mol. The van der Waals surface area contributed by atoms with Gasteiger partial charge in [-0.05, 0) is 30.4 Å². The van der Waals surface area contributed by atoms with Crippen molar-refractivity contribution in [2.45, 2.75) is 65.5 Å². The highest BCUT2D eigenvalue weighted by Crippen LogP contribution is 2.29. The molecule has 1 aromatic rings. The van der Waals surface area contributed by atoms with Crippen molar-refractivity contribution >= 4 is 0 Å². The van der Waals surface area contributed by atoms with E-state index in [4.69, 9.17) is 4.74 Å². The average Bonchev–Trinajstić information content (AvgIpc) is 2.42. The van der Waals surface area contributed by atoms with E-state index in [1.54, 1.807) is 0 Å². The molecule has 0 radical (unpaired) electrons. The van der Waals surface area contributed by atoms with Crippen LogP contribution in [0.2, 0.25) is 0 Å². The fraction of sp³-hybridized carbons (Fsp3) is 0.647. The zero-order chi connectivity index (χ0) is 14.3. The Labute approximate surface area is 118 Å². The highest BCUT2D eigenvalue weighted by molar-refractivity contribution is 5.36. The highest BCUT2D eigenvalue weighted by atomic mass is 16.5. The van der Waals surface area contributed by atoms with Crippen LogP contribution < -0.4 is 10.1 Å². The molecule has 0 heterocycles. The monoisotopic (exact) mass is 263 g/mol. The fourth-order valence-electron chi connectivity index (χ4n) is 2.03. The maximum absolute atomic E-state index is 6.21. The van der Waals surface area contributed by atoms with Gasteiger partial charge in [0.25, 0.3) is 0 Å². The SMILES string of the molecule is CCC(CNC(C)C)Oc1ccccc1C(C)CC. The van der Waals surface area contributed by atoms with E-state index >= 15 is 0 Å². The van der Waals surface area contributed by atoms with Gasteiger partial charge < -0.3 is 10.1 Å². The van der Waals surface area contributed by atoms with Crippen LogP contribution in [0.1, 0.15) is 58.9 Å². The summed E-state index contributed by atoms with van der Waals surface area (Å²) in [5.41, 5.74) is 1.33. The lowest BCUT2D eigenvalue weighted by Crippen LogP contribution is -2.35. The van der Waals surface area contributed by atoms with Crippen molar-refractivity contribution in [2.24, 2.45) is 0 Å². The van der Waals surface area contributed by atoms with Crippen LogP contribution in [-0.4, -0.2) is 18.7 Å². The van der Waals surface area contributed by atoms with Gasteiger partial charge >= 0.3 is 0 Å². The Morgan fingerprint density at radius 2 is 1.74 bits per heavy atom. The van der Waals surface area contributed by atoms with Crippen LogP contribution in [0.3, 0.4) is 0 Å². The van der Waals surface area contributed by atoms with E-state index < -0.39 is 0 Å². The first kappa shape index (κ1) is 16.0. The van der Waals surface area contributed by atoms with E-state index in [-0.39, 0.29) is 6.10 Å². The molecule has 0 saturated heterocycles. The first-order valence-corrected chi connectivity index (χ1v) is 7.57. The zero-order valence-electron chi connectivity index (χ0n) is 13.1. The first-order valence-electron chi connectivity index (χ1n) is 7.57. The van der Waals surface area contributed by atoms with E-state index in [0.717, 1.165) is 25.1 Å². The number of ether oxygens (including phenoxy) is 1. The Kier molecular flexibility index (Phi) is 6.93. The lowest BCUT2D eigenvalue weighted by Gasteiger charge is -2.23. The normalized spacial score (nSPS) is 14.4. The van der Waals surface area contributed by atoms with Gasteiger partial charge in [0.2, 0.25) is 0 Å². The van der Waals surface area contributed by atoms with Gasteiger partial charge in [-0.2, -0.15) is 0 Å². The Morgan fingerprint density at radius 1 is 1.05 bits per heavy atom. The smallest absolute Gasteiger partial charge is 0.123 e.